The van der Waals surface area contributed by atoms with E-state index in [-0.39, 0.29) is 0 Å². The number of benzene rings is 2. The maximum absolute atomic E-state index is 4.68. The van der Waals surface area contributed by atoms with Gasteiger partial charge in [-0.3, -0.25) is 0 Å². The first-order valence-electron chi connectivity index (χ1n) is 6.50. The molecule has 2 heterocycles. The van der Waals surface area contributed by atoms with Crippen molar-refractivity contribution in [1.29, 1.82) is 0 Å². The van der Waals surface area contributed by atoms with E-state index >= 15 is 0 Å². The molecule has 0 unspecified atom stereocenters. The third-order valence-corrected chi connectivity index (χ3v) is 3.44. The minimum absolute atomic E-state index is 0.880. The predicted octanol–water partition coefficient (Wildman–Crippen LogP) is 4.03. The molecule has 2 aromatic carbocycles. The van der Waals surface area contributed by atoms with E-state index in [9.17, 15) is 0 Å². The van der Waals surface area contributed by atoms with Crippen LogP contribution in [0.25, 0.3) is 33.5 Å². The molecular formula is C17H12N3. The Morgan fingerprint density at radius 3 is 2.65 bits per heavy atom. The Hall–Kier alpha value is -2.81. The first-order valence-corrected chi connectivity index (χ1v) is 6.50. The lowest BCUT2D eigenvalue weighted by Crippen LogP contribution is -1.79. The van der Waals surface area contributed by atoms with Crippen molar-refractivity contribution in [2.24, 2.45) is 0 Å². The zero-order valence-corrected chi connectivity index (χ0v) is 10.7. The van der Waals surface area contributed by atoms with Crippen LogP contribution in [-0.4, -0.2) is 15.0 Å². The number of H-pyrrole nitrogens is 2. The van der Waals surface area contributed by atoms with Crippen molar-refractivity contribution in [3.05, 3.63) is 67.0 Å². The van der Waals surface area contributed by atoms with Gasteiger partial charge in [-0.05, 0) is 12.1 Å². The molecule has 0 bridgehead atoms. The Morgan fingerprint density at radius 2 is 1.75 bits per heavy atom. The molecule has 3 heteroatoms. The summed E-state index contributed by atoms with van der Waals surface area (Å²) in [5.41, 5.74) is 4.24. The van der Waals surface area contributed by atoms with Crippen LogP contribution >= 0.6 is 0 Å². The van der Waals surface area contributed by atoms with Crippen molar-refractivity contribution < 1.29 is 0 Å². The van der Waals surface area contributed by atoms with Gasteiger partial charge in [-0.1, -0.05) is 42.5 Å². The summed E-state index contributed by atoms with van der Waals surface area (Å²) in [4.78, 5) is 11.2. The van der Waals surface area contributed by atoms with E-state index < -0.39 is 0 Å². The first-order chi connectivity index (χ1) is 9.92. The quantitative estimate of drug-likeness (QED) is 0.560. The van der Waals surface area contributed by atoms with Gasteiger partial charge >= 0.3 is 0 Å². The SMILES string of the molecule is [c]1ccc(-c2c[nH]c(-c3c[nH]c4ccccc34)n2)cc1. The van der Waals surface area contributed by atoms with Gasteiger partial charge in [-0.15, -0.1) is 0 Å². The van der Waals surface area contributed by atoms with Crippen molar-refractivity contribution in [2.45, 2.75) is 0 Å². The highest BCUT2D eigenvalue weighted by atomic mass is 14.9. The minimum Gasteiger partial charge on any atom is -0.360 e. The molecule has 2 aromatic heterocycles. The fourth-order valence-corrected chi connectivity index (χ4v) is 2.43. The van der Waals surface area contributed by atoms with Crippen LogP contribution < -0.4 is 0 Å². The second-order valence-electron chi connectivity index (χ2n) is 4.67. The maximum atomic E-state index is 4.68. The van der Waals surface area contributed by atoms with Crippen molar-refractivity contribution in [1.82, 2.24) is 15.0 Å². The molecule has 4 rings (SSSR count). The summed E-state index contributed by atoms with van der Waals surface area (Å²) in [5.74, 6) is 0.880. The van der Waals surface area contributed by atoms with E-state index in [4.69, 9.17) is 0 Å². The summed E-state index contributed by atoms with van der Waals surface area (Å²) in [6.45, 7) is 0. The van der Waals surface area contributed by atoms with Crippen molar-refractivity contribution >= 4 is 10.9 Å². The number of fused-ring (bicyclic) bond motifs is 1. The predicted molar refractivity (Wildman–Crippen MR) is 80.2 cm³/mol. The van der Waals surface area contributed by atoms with Crippen LogP contribution in [0.3, 0.4) is 0 Å². The average molecular weight is 258 g/mol. The molecule has 0 saturated carbocycles. The second-order valence-corrected chi connectivity index (χ2v) is 4.67. The fourth-order valence-electron chi connectivity index (χ4n) is 2.43. The molecule has 0 aliphatic rings. The Morgan fingerprint density at radius 1 is 0.900 bits per heavy atom. The van der Waals surface area contributed by atoms with Crippen LogP contribution in [0.2, 0.25) is 0 Å². The van der Waals surface area contributed by atoms with Crippen LogP contribution in [0.5, 0.6) is 0 Å². The minimum atomic E-state index is 0.880. The van der Waals surface area contributed by atoms with Gasteiger partial charge < -0.3 is 9.97 Å². The molecule has 0 atom stereocenters. The third kappa shape index (κ3) is 1.72. The zero-order valence-electron chi connectivity index (χ0n) is 10.7. The normalized spacial score (nSPS) is 11.0. The van der Waals surface area contributed by atoms with Crippen LogP contribution in [0.15, 0.2) is 60.9 Å². The molecule has 20 heavy (non-hydrogen) atoms. The van der Waals surface area contributed by atoms with Crippen LogP contribution in [-0.2, 0) is 0 Å². The van der Waals surface area contributed by atoms with Gasteiger partial charge in [0, 0.05) is 34.4 Å². The maximum Gasteiger partial charge on any atom is 0.140 e. The van der Waals surface area contributed by atoms with Gasteiger partial charge in [0.2, 0.25) is 0 Å². The lowest BCUT2D eigenvalue weighted by molar-refractivity contribution is 1.31. The highest BCUT2D eigenvalue weighted by molar-refractivity contribution is 5.94. The molecule has 0 aliphatic carbocycles. The van der Waals surface area contributed by atoms with Crippen molar-refractivity contribution in [2.75, 3.05) is 0 Å². The van der Waals surface area contributed by atoms with Crippen LogP contribution in [0.1, 0.15) is 0 Å². The third-order valence-electron chi connectivity index (χ3n) is 3.44. The number of hydrogen-bond donors (Lipinski definition) is 2. The Balaban J connectivity index is 1.82. The summed E-state index contributed by atoms with van der Waals surface area (Å²) >= 11 is 0. The van der Waals surface area contributed by atoms with E-state index in [0.29, 0.717) is 0 Å². The number of imidazole rings is 1. The Bertz CT molecular complexity index is 856. The first kappa shape index (κ1) is 11.1. The van der Waals surface area contributed by atoms with E-state index in [1.165, 1.54) is 5.39 Å². The number of aromatic nitrogens is 3. The van der Waals surface area contributed by atoms with Gasteiger partial charge in [0.05, 0.1) is 5.69 Å². The molecular weight excluding hydrogens is 246 g/mol. The zero-order chi connectivity index (χ0) is 13.4. The Kier molecular flexibility index (Phi) is 2.42. The Labute approximate surface area is 116 Å². The summed E-state index contributed by atoms with van der Waals surface area (Å²) < 4.78 is 0. The van der Waals surface area contributed by atoms with E-state index in [2.05, 4.69) is 33.2 Å². The van der Waals surface area contributed by atoms with E-state index in [1.54, 1.807) is 0 Å². The van der Waals surface area contributed by atoms with Gasteiger partial charge in [0.1, 0.15) is 5.82 Å². The van der Waals surface area contributed by atoms with Gasteiger partial charge in [0.15, 0.2) is 0 Å². The molecule has 0 spiro atoms. The van der Waals surface area contributed by atoms with E-state index in [0.717, 1.165) is 28.2 Å². The standard InChI is InChI=1S/C17H12N3/c1-2-6-12(7-3-1)16-11-19-17(20-16)14-10-18-15-9-5-4-8-13(14)15/h2-11,18H,(H,19,20). The molecule has 3 nitrogen and oxygen atoms in total. The van der Waals surface area contributed by atoms with Crippen LogP contribution in [0, 0.1) is 6.07 Å². The topological polar surface area (TPSA) is 44.5 Å². The second kappa shape index (κ2) is 4.38. The van der Waals surface area contributed by atoms with E-state index in [1.807, 2.05) is 48.8 Å². The molecule has 2 N–H and O–H groups in total. The summed E-state index contributed by atoms with van der Waals surface area (Å²) in [5, 5.41) is 1.18. The van der Waals surface area contributed by atoms with Gasteiger partial charge in [0.25, 0.3) is 0 Å². The van der Waals surface area contributed by atoms with Gasteiger partial charge in [-0.25, -0.2) is 4.98 Å². The van der Waals surface area contributed by atoms with Crippen molar-refractivity contribution in [3.63, 3.8) is 0 Å². The highest BCUT2D eigenvalue weighted by Gasteiger charge is 2.10. The average Bonchev–Trinajstić information content (AvgIpc) is 3.14. The summed E-state index contributed by atoms with van der Waals surface area (Å²) in [6, 6.07) is 19.1. The number of aromatic amines is 2. The number of hydrogen-bond acceptors (Lipinski definition) is 1. The molecule has 0 fully saturated rings. The van der Waals surface area contributed by atoms with Crippen molar-refractivity contribution in [3.8, 4) is 22.6 Å². The number of para-hydroxylation sites is 1. The lowest BCUT2D eigenvalue weighted by atomic mass is 10.1. The lowest BCUT2D eigenvalue weighted by Gasteiger charge is -1.95. The molecule has 95 valence electrons. The molecule has 4 aromatic rings. The smallest absolute Gasteiger partial charge is 0.140 e. The summed E-state index contributed by atoms with van der Waals surface area (Å²) in [7, 11) is 0. The molecule has 0 saturated heterocycles. The monoisotopic (exact) mass is 258 g/mol. The van der Waals surface area contributed by atoms with Gasteiger partial charge in [-0.2, -0.15) is 0 Å². The number of nitrogens with zero attached hydrogens (tertiary/aromatic N) is 1. The highest BCUT2D eigenvalue weighted by Crippen LogP contribution is 2.28. The molecule has 0 amide bonds. The molecule has 1 radical (unpaired) electrons. The summed E-state index contributed by atoms with van der Waals surface area (Å²) in [6.07, 6.45) is 3.93. The fraction of sp³-hybridized carbons (Fsp3) is 0. The molecule has 0 aliphatic heterocycles. The largest absolute Gasteiger partial charge is 0.360 e. The number of rotatable bonds is 2. The number of nitrogens with one attached hydrogen (secondary N) is 2. The van der Waals surface area contributed by atoms with Crippen LogP contribution in [0.4, 0.5) is 0 Å².